The second-order valence-electron chi connectivity index (χ2n) is 7.87. The van der Waals surface area contributed by atoms with Crippen LogP contribution >= 0.6 is 0 Å². The third-order valence-corrected chi connectivity index (χ3v) is 8.20. The third kappa shape index (κ3) is 4.48. The molecule has 34 heavy (non-hydrogen) atoms. The molecule has 0 bridgehead atoms. The van der Waals surface area contributed by atoms with Crippen molar-refractivity contribution in [2.45, 2.75) is 23.7 Å². The number of hydrogen-bond donors (Lipinski definition) is 1. The Hall–Kier alpha value is -3.08. The fraction of sp³-hybridized carbons (Fsp3) is 0.250. The van der Waals surface area contributed by atoms with E-state index in [1.165, 1.54) is 14.2 Å². The number of rotatable bonds is 7. The molecule has 0 aliphatic carbocycles. The van der Waals surface area contributed by atoms with Gasteiger partial charge < -0.3 is 14.2 Å². The molecule has 0 radical (unpaired) electrons. The number of benzene rings is 3. The van der Waals surface area contributed by atoms with E-state index in [-0.39, 0.29) is 16.4 Å². The third-order valence-electron chi connectivity index (χ3n) is 5.69. The summed E-state index contributed by atoms with van der Waals surface area (Å²) in [6.07, 6.45) is -0.651. The molecule has 2 N–H and O–H groups in total. The van der Waals surface area contributed by atoms with E-state index >= 15 is 0 Å². The van der Waals surface area contributed by atoms with Gasteiger partial charge in [-0.3, -0.25) is 0 Å². The SMILES string of the molecule is CCS(=O)(=O)c1cccc2c1-c1ccc(CS(N)(=O)=O)cc1C(c1ccc(OC)c(OC)c1)O2. The smallest absolute Gasteiger partial charge is 0.213 e. The molecule has 3 aromatic carbocycles. The minimum absolute atomic E-state index is 0.0681. The molecule has 3 aromatic rings. The van der Waals surface area contributed by atoms with Crippen molar-refractivity contribution in [3.05, 3.63) is 71.3 Å². The van der Waals surface area contributed by atoms with E-state index in [0.29, 0.717) is 39.5 Å². The van der Waals surface area contributed by atoms with E-state index in [9.17, 15) is 16.8 Å². The highest BCUT2D eigenvalue weighted by atomic mass is 32.2. The van der Waals surface area contributed by atoms with Crippen LogP contribution in [0.25, 0.3) is 11.1 Å². The van der Waals surface area contributed by atoms with E-state index in [0.717, 1.165) is 5.56 Å². The summed E-state index contributed by atoms with van der Waals surface area (Å²) in [5.41, 5.74) is 2.92. The Morgan fingerprint density at radius 2 is 1.68 bits per heavy atom. The molecule has 0 saturated carbocycles. The standard InChI is InChI=1S/C24H25NO7S2/c1-4-33(26,27)22-7-5-6-20-23(22)17-10-8-15(14-34(25,28)29)12-18(17)24(32-20)16-9-11-19(30-2)21(13-16)31-3/h5-13,24H,4,14H2,1-3H3,(H2,25,28,29). The monoisotopic (exact) mass is 503 g/mol. The Labute approximate surface area is 199 Å². The maximum atomic E-state index is 12.9. The Morgan fingerprint density at radius 1 is 0.941 bits per heavy atom. The molecule has 0 spiro atoms. The van der Waals surface area contributed by atoms with Crippen LogP contribution in [-0.2, 0) is 25.6 Å². The lowest BCUT2D eigenvalue weighted by molar-refractivity contribution is 0.241. The lowest BCUT2D eigenvalue weighted by Gasteiger charge is -2.31. The largest absolute Gasteiger partial charge is 0.493 e. The number of hydrogen-bond acceptors (Lipinski definition) is 7. The van der Waals surface area contributed by atoms with Crippen molar-refractivity contribution >= 4 is 19.9 Å². The quantitative estimate of drug-likeness (QED) is 0.524. The number of sulfone groups is 1. The van der Waals surface area contributed by atoms with Gasteiger partial charge in [0.25, 0.3) is 0 Å². The zero-order valence-corrected chi connectivity index (χ0v) is 20.6. The van der Waals surface area contributed by atoms with Crippen LogP contribution in [0.2, 0.25) is 0 Å². The van der Waals surface area contributed by atoms with Crippen LogP contribution < -0.4 is 19.3 Å². The first-order valence-corrected chi connectivity index (χ1v) is 13.8. The molecule has 180 valence electrons. The average Bonchev–Trinajstić information content (AvgIpc) is 2.81. The number of ether oxygens (including phenoxy) is 3. The average molecular weight is 504 g/mol. The molecule has 0 amide bonds. The fourth-order valence-corrected chi connectivity index (χ4v) is 5.88. The molecule has 4 rings (SSSR count). The minimum Gasteiger partial charge on any atom is -0.493 e. The number of nitrogens with two attached hydrogens (primary N) is 1. The number of primary sulfonamides is 1. The maximum Gasteiger partial charge on any atom is 0.213 e. The minimum atomic E-state index is -3.77. The summed E-state index contributed by atoms with van der Waals surface area (Å²) < 4.78 is 66.3. The van der Waals surface area contributed by atoms with Gasteiger partial charge in [0.15, 0.2) is 21.3 Å². The van der Waals surface area contributed by atoms with Gasteiger partial charge in [0.1, 0.15) is 11.9 Å². The first kappa shape index (κ1) is 24.1. The van der Waals surface area contributed by atoms with Gasteiger partial charge >= 0.3 is 0 Å². The summed E-state index contributed by atoms with van der Waals surface area (Å²) in [5.74, 6) is 1.03. The predicted molar refractivity (Wildman–Crippen MR) is 128 cm³/mol. The van der Waals surface area contributed by atoms with Crippen molar-refractivity contribution in [2.24, 2.45) is 5.14 Å². The number of fused-ring (bicyclic) bond motifs is 3. The summed E-state index contributed by atoms with van der Waals surface area (Å²) in [7, 11) is -4.27. The van der Waals surface area contributed by atoms with Crippen LogP contribution in [0.5, 0.6) is 17.2 Å². The van der Waals surface area contributed by atoms with Gasteiger partial charge in [-0.2, -0.15) is 0 Å². The molecular formula is C24H25NO7S2. The van der Waals surface area contributed by atoms with Crippen molar-refractivity contribution in [3.8, 4) is 28.4 Å². The fourth-order valence-electron chi connectivity index (χ4n) is 4.12. The Kier molecular flexibility index (Phi) is 6.32. The van der Waals surface area contributed by atoms with Gasteiger partial charge in [-0.25, -0.2) is 22.0 Å². The van der Waals surface area contributed by atoms with Crippen molar-refractivity contribution in [1.29, 1.82) is 0 Å². The summed E-state index contributed by atoms with van der Waals surface area (Å²) in [4.78, 5) is 0.165. The van der Waals surface area contributed by atoms with Crippen LogP contribution in [0.3, 0.4) is 0 Å². The molecule has 0 fully saturated rings. The number of sulfonamides is 1. The summed E-state index contributed by atoms with van der Waals surface area (Å²) in [6.45, 7) is 1.58. The number of methoxy groups -OCH3 is 2. The Morgan fingerprint density at radius 3 is 2.32 bits per heavy atom. The highest BCUT2D eigenvalue weighted by Gasteiger charge is 2.32. The van der Waals surface area contributed by atoms with E-state index in [1.807, 2.05) is 6.07 Å². The van der Waals surface area contributed by atoms with Crippen LogP contribution in [0.15, 0.2) is 59.5 Å². The highest BCUT2D eigenvalue weighted by molar-refractivity contribution is 7.91. The molecule has 1 atom stereocenters. The molecule has 8 nitrogen and oxygen atoms in total. The first-order valence-electron chi connectivity index (χ1n) is 10.5. The molecular weight excluding hydrogens is 478 g/mol. The highest BCUT2D eigenvalue weighted by Crippen LogP contribution is 2.48. The van der Waals surface area contributed by atoms with Gasteiger partial charge in [0.05, 0.1) is 30.6 Å². The maximum absolute atomic E-state index is 12.9. The molecule has 1 unspecified atom stereocenters. The molecule has 1 heterocycles. The van der Waals surface area contributed by atoms with Gasteiger partial charge in [-0.05, 0) is 35.4 Å². The van der Waals surface area contributed by atoms with E-state index in [1.54, 1.807) is 55.5 Å². The first-order chi connectivity index (χ1) is 16.1. The van der Waals surface area contributed by atoms with E-state index < -0.39 is 26.0 Å². The van der Waals surface area contributed by atoms with Crippen LogP contribution in [-0.4, -0.2) is 36.8 Å². The molecule has 0 saturated heterocycles. The molecule has 1 aliphatic heterocycles. The van der Waals surface area contributed by atoms with Crippen molar-refractivity contribution in [1.82, 2.24) is 0 Å². The van der Waals surface area contributed by atoms with Crippen LogP contribution in [0.1, 0.15) is 29.7 Å². The summed E-state index contributed by atoms with van der Waals surface area (Å²) >= 11 is 0. The van der Waals surface area contributed by atoms with Crippen molar-refractivity contribution in [2.75, 3.05) is 20.0 Å². The van der Waals surface area contributed by atoms with Crippen molar-refractivity contribution < 1.29 is 31.0 Å². The second-order valence-corrected chi connectivity index (χ2v) is 11.7. The second kappa shape index (κ2) is 8.94. The lowest BCUT2D eigenvalue weighted by atomic mass is 9.88. The van der Waals surface area contributed by atoms with Gasteiger partial charge in [-0.15, -0.1) is 0 Å². The summed E-state index contributed by atoms with van der Waals surface area (Å²) in [6, 6.07) is 15.3. The van der Waals surface area contributed by atoms with E-state index in [2.05, 4.69) is 0 Å². The topological polar surface area (TPSA) is 122 Å². The molecule has 0 aromatic heterocycles. The summed E-state index contributed by atoms with van der Waals surface area (Å²) in [5, 5.41) is 5.27. The van der Waals surface area contributed by atoms with Crippen LogP contribution in [0, 0.1) is 0 Å². The zero-order chi connectivity index (χ0) is 24.7. The predicted octanol–water partition coefficient (Wildman–Crippen LogP) is 3.43. The molecule has 1 aliphatic rings. The zero-order valence-electron chi connectivity index (χ0n) is 18.9. The van der Waals surface area contributed by atoms with Crippen LogP contribution in [0.4, 0.5) is 0 Å². The lowest BCUT2D eigenvalue weighted by Crippen LogP contribution is -2.19. The Bertz CT molecular complexity index is 1460. The molecule has 10 heteroatoms. The van der Waals surface area contributed by atoms with E-state index in [4.69, 9.17) is 19.3 Å². The van der Waals surface area contributed by atoms with Gasteiger partial charge in [-0.1, -0.05) is 37.3 Å². The van der Waals surface area contributed by atoms with Gasteiger partial charge in [0, 0.05) is 16.7 Å². The van der Waals surface area contributed by atoms with Gasteiger partial charge in [0.2, 0.25) is 10.0 Å². The normalized spacial score (nSPS) is 15.1. The van der Waals surface area contributed by atoms with Crippen molar-refractivity contribution in [3.63, 3.8) is 0 Å². The Balaban J connectivity index is 1.97.